The van der Waals surface area contributed by atoms with Gasteiger partial charge in [-0.3, -0.25) is 0 Å². The molecule has 124 valence electrons. The molecule has 3 rings (SSSR count). The standard InChI is InChI=1S/C17H23N3O2S/c1-11(2)13-4-5-16(15-7-19-17(18)6-14(13)15)20-8-12(9-20)10-23(3,21)22/h4-7,11-12H,8-10H2,1-3H3,(H2,18,19). The predicted molar refractivity (Wildman–Crippen MR) is 95.7 cm³/mol. The molecule has 2 heterocycles. The summed E-state index contributed by atoms with van der Waals surface area (Å²) in [6.45, 7) is 5.87. The van der Waals surface area contributed by atoms with Gasteiger partial charge in [-0.15, -0.1) is 0 Å². The fourth-order valence-electron chi connectivity index (χ4n) is 3.34. The molecule has 1 aliphatic heterocycles. The summed E-state index contributed by atoms with van der Waals surface area (Å²) in [5.41, 5.74) is 8.23. The zero-order valence-electron chi connectivity index (χ0n) is 13.8. The predicted octanol–water partition coefficient (Wildman–Crippen LogP) is 2.42. The average Bonchev–Trinajstić information content (AvgIpc) is 2.40. The lowest BCUT2D eigenvalue weighted by Gasteiger charge is -2.41. The van der Waals surface area contributed by atoms with Crippen LogP contribution in [-0.2, 0) is 9.84 Å². The van der Waals surface area contributed by atoms with E-state index in [9.17, 15) is 8.42 Å². The van der Waals surface area contributed by atoms with Crippen molar-refractivity contribution in [2.45, 2.75) is 19.8 Å². The van der Waals surface area contributed by atoms with Crippen LogP contribution in [0.3, 0.4) is 0 Å². The van der Waals surface area contributed by atoms with Crippen molar-refractivity contribution in [1.29, 1.82) is 0 Å². The Balaban J connectivity index is 1.93. The molecular formula is C17H23N3O2S. The molecule has 2 aromatic rings. The fourth-order valence-corrected chi connectivity index (χ4v) is 4.41. The maximum Gasteiger partial charge on any atom is 0.147 e. The summed E-state index contributed by atoms with van der Waals surface area (Å²) < 4.78 is 22.8. The number of aromatic nitrogens is 1. The van der Waals surface area contributed by atoms with Crippen molar-refractivity contribution in [3.8, 4) is 0 Å². The van der Waals surface area contributed by atoms with E-state index in [0.717, 1.165) is 29.5 Å². The number of benzene rings is 1. The number of anilines is 2. The first kappa shape index (κ1) is 16.1. The van der Waals surface area contributed by atoms with E-state index in [4.69, 9.17) is 5.73 Å². The molecule has 2 N–H and O–H groups in total. The molecule has 0 atom stereocenters. The van der Waals surface area contributed by atoms with Crippen molar-refractivity contribution >= 4 is 32.1 Å². The number of nitrogen functional groups attached to an aromatic ring is 1. The van der Waals surface area contributed by atoms with Gasteiger partial charge in [-0.1, -0.05) is 19.9 Å². The van der Waals surface area contributed by atoms with E-state index in [1.165, 1.54) is 11.8 Å². The third kappa shape index (κ3) is 3.27. The highest BCUT2D eigenvalue weighted by atomic mass is 32.2. The van der Waals surface area contributed by atoms with Crippen LogP contribution in [0.25, 0.3) is 10.8 Å². The average molecular weight is 333 g/mol. The summed E-state index contributed by atoms with van der Waals surface area (Å²) in [6.07, 6.45) is 3.13. The summed E-state index contributed by atoms with van der Waals surface area (Å²) in [5.74, 6) is 1.40. The molecule has 0 amide bonds. The molecule has 1 saturated heterocycles. The minimum atomic E-state index is -2.91. The van der Waals surface area contributed by atoms with E-state index < -0.39 is 9.84 Å². The van der Waals surface area contributed by atoms with Gasteiger partial charge in [0.25, 0.3) is 0 Å². The highest BCUT2D eigenvalue weighted by Crippen LogP contribution is 2.36. The second kappa shape index (κ2) is 5.67. The fraction of sp³-hybridized carbons (Fsp3) is 0.471. The Hall–Kier alpha value is -1.82. The monoisotopic (exact) mass is 333 g/mol. The Morgan fingerprint density at radius 3 is 2.61 bits per heavy atom. The van der Waals surface area contributed by atoms with Crippen LogP contribution in [0.15, 0.2) is 24.4 Å². The summed E-state index contributed by atoms with van der Waals surface area (Å²) in [6, 6.07) is 6.19. The third-order valence-corrected chi connectivity index (χ3v) is 5.47. The molecule has 0 radical (unpaired) electrons. The van der Waals surface area contributed by atoms with Crippen molar-refractivity contribution < 1.29 is 8.42 Å². The highest BCUT2D eigenvalue weighted by molar-refractivity contribution is 7.90. The maximum absolute atomic E-state index is 11.4. The molecule has 0 unspecified atom stereocenters. The molecule has 0 bridgehead atoms. The van der Waals surface area contributed by atoms with Gasteiger partial charge in [0.05, 0.1) is 5.75 Å². The van der Waals surface area contributed by atoms with Crippen molar-refractivity contribution in [2.24, 2.45) is 5.92 Å². The van der Waals surface area contributed by atoms with E-state index in [2.05, 4.69) is 35.9 Å². The van der Waals surface area contributed by atoms with Gasteiger partial charge in [-0.2, -0.15) is 0 Å². The van der Waals surface area contributed by atoms with Crippen LogP contribution >= 0.6 is 0 Å². The molecule has 1 aliphatic rings. The summed E-state index contributed by atoms with van der Waals surface area (Å²) >= 11 is 0. The van der Waals surface area contributed by atoms with Crippen molar-refractivity contribution in [1.82, 2.24) is 4.98 Å². The normalized spacial score (nSPS) is 16.1. The Morgan fingerprint density at radius 1 is 1.30 bits per heavy atom. The van der Waals surface area contributed by atoms with E-state index in [1.807, 2.05) is 12.3 Å². The number of rotatable bonds is 4. The van der Waals surface area contributed by atoms with Gasteiger partial charge in [-0.25, -0.2) is 13.4 Å². The zero-order chi connectivity index (χ0) is 16.8. The van der Waals surface area contributed by atoms with Crippen LogP contribution < -0.4 is 10.6 Å². The van der Waals surface area contributed by atoms with Gasteiger partial charge in [0.2, 0.25) is 0 Å². The van der Waals surface area contributed by atoms with E-state index in [1.54, 1.807) is 0 Å². The second-order valence-corrected chi connectivity index (χ2v) is 9.03. The van der Waals surface area contributed by atoms with Crippen LogP contribution in [0.4, 0.5) is 11.5 Å². The van der Waals surface area contributed by atoms with Gasteiger partial charge in [0.1, 0.15) is 15.7 Å². The smallest absolute Gasteiger partial charge is 0.147 e. The first-order valence-electron chi connectivity index (χ1n) is 7.85. The molecule has 1 aromatic carbocycles. The van der Waals surface area contributed by atoms with Gasteiger partial charge >= 0.3 is 0 Å². The first-order chi connectivity index (χ1) is 10.7. The number of pyridine rings is 1. The Kier molecular flexibility index (Phi) is 3.96. The van der Waals surface area contributed by atoms with Crippen LogP contribution in [0.5, 0.6) is 0 Å². The van der Waals surface area contributed by atoms with Gasteiger partial charge < -0.3 is 10.6 Å². The highest BCUT2D eigenvalue weighted by Gasteiger charge is 2.30. The molecule has 0 aliphatic carbocycles. The topological polar surface area (TPSA) is 76.3 Å². The zero-order valence-corrected chi connectivity index (χ0v) is 14.6. The lowest BCUT2D eigenvalue weighted by Crippen LogP contribution is -2.49. The van der Waals surface area contributed by atoms with Crippen molar-refractivity contribution in [3.05, 3.63) is 30.0 Å². The van der Waals surface area contributed by atoms with Crippen molar-refractivity contribution in [3.63, 3.8) is 0 Å². The summed E-state index contributed by atoms with van der Waals surface area (Å²) in [5, 5.41) is 2.22. The number of nitrogens with two attached hydrogens (primary N) is 1. The van der Waals surface area contributed by atoms with Gasteiger partial charge in [0.15, 0.2) is 0 Å². The molecule has 23 heavy (non-hydrogen) atoms. The van der Waals surface area contributed by atoms with Crippen LogP contribution in [0, 0.1) is 5.92 Å². The van der Waals surface area contributed by atoms with Crippen LogP contribution in [-0.4, -0.2) is 38.5 Å². The molecule has 1 aromatic heterocycles. The molecular weight excluding hydrogens is 310 g/mol. The van der Waals surface area contributed by atoms with E-state index in [-0.39, 0.29) is 11.7 Å². The number of sulfone groups is 1. The molecule has 5 nitrogen and oxygen atoms in total. The van der Waals surface area contributed by atoms with E-state index in [0.29, 0.717) is 11.7 Å². The Labute approximate surface area is 137 Å². The maximum atomic E-state index is 11.4. The molecule has 0 spiro atoms. The number of fused-ring (bicyclic) bond motifs is 1. The van der Waals surface area contributed by atoms with Gasteiger partial charge in [0, 0.05) is 42.5 Å². The Bertz CT molecular complexity index is 840. The third-order valence-electron chi connectivity index (χ3n) is 4.39. The largest absolute Gasteiger partial charge is 0.384 e. The van der Waals surface area contributed by atoms with E-state index >= 15 is 0 Å². The molecule has 6 heteroatoms. The first-order valence-corrected chi connectivity index (χ1v) is 9.91. The van der Waals surface area contributed by atoms with Crippen molar-refractivity contribution in [2.75, 3.05) is 35.7 Å². The van der Waals surface area contributed by atoms with Crippen LogP contribution in [0.1, 0.15) is 25.3 Å². The quantitative estimate of drug-likeness (QED) is 0.930. The summed E-state index contributed by atoms with van der Waals surface area (Å²) in [4.78, 5) is 6.47. The lowest BCUT2D eigenvalue weighted by molar-refractivity contribution is 0.445. The minimum Gasteiger partial charge on any atom is -0.384 e. The molecule has 0 saturated carbocycles. The number of hydrogen-bond donors (Lipinski definition) is 1. The second-order valence-electron chi connectivity index (χ2n) is 6.85. The number of hydrogen-bond acceptors (Lipinski definition) is 5. The number of nitrogens with zero attached hydrogens (tertiary/aromatic N) is 2. The minimum absolute atomic E-state index is 0.214. The Morgan fingerprint density at radius 2 is 2.00 bits per heavy atom. The lowest BCUT2D eigenvalue weighted by atomic mass is 9.93. The van der Waals surface area contributed by atoms with Crippen LogP contribution in [0.2, 0.25) is 0 Å². The molecule has 1 fully saturated rings. The van der Waals surface area contributed by atoms with Gasteiger partial charge in [-0.05, 0) is 29.0 Å². The SMILES string of the molecule is CC(C)c1ccc(N2CC(CS(C)(=O)=O)C2)c2cnc(N)cc12. The summed E-state index contributed by atoms with van der Waals surface area (Å²) in [7, 11) is -2.91.